The first-order valence-corrected chi connectivity index (χ1v) is 9.98. The zero-order chi connectivity index (χ0) is 17.5. The van der Waals surface area contributed by atoms with Crippen LogP contribution in [0.2, 0.25) is 0 Å². The molecule has 25 heavy (non-hydrogen) atoms. The van der Waals surface area contributed by atoms with E-state index in [1.807, 2.05) is 32.0 Å². The summed E-state index contributed by atoms with van der Waals surface area (Å²) in [5.41, 5.74) is 0. The van der Waals surface area contributed by atoms with E-state index in [2.05, 4.69) is 60.7 Å². The lowest BCUT2D eigenvalue weighted by Gasteiger charge is -2.24. The zero-order valence-electron chi connectivity index (χ0n) is 14.7. The van der Waals surface area contributed by atoms with Gasteiger partial charge in [0.1, 0.15) is 11.5 Å². The summed E-state index contributed by atoms with van der Waals surface area (Å²) in [5, 5.41) is 3.73. The Labute approximate surface area is 151 Å². The van der Waals surface area contributed by atoms with Crippen molar-refractivity contribution in [2.75, 3.05) is 13.2 Å². The minimum Gasteiger partial charge on any atom is -0.493 e. The van der Waals surface area contributed by atoms with Crippen molar-refractivity contribution in [3.05, 3.63) is 78.9 Å². The van der Waals surface area contributed by atoms with Gasteiger partial charge in [0, 0.05) is 0 Å². The third kappa shape index (κ3) is 4.03. The van der Waals surface area contributed by atoms with Gasteiger partial charge < -0.3 is 9.47 Å². The molecule has 3 aromatic rings. The zero-order valence-corrected chi connectivity index (χ0v) is 15.6. The molecule has 0 heterocycles. The highest BCUT2D eigenvalue weighted by molar-refractivity contribution is 7.80. The van der Waals surface area contributed by atoms with Gasteiger partial charge in [0.05, 0.1) is 18.5 Å². The number of ether oxygens (including phenoxy) is 2. The second-order valence-corrected chi connectivity index (χ2v) is 7.63. The highest BCUT2D eigenvalue weighted by atomic mass is 31.1. The SMILES string of the molecule is CCOc1cccc(OCC)c1P(c1ccccc1)c1ccccc1. The van der Waals surface area contributed by atoms with Gasteiger partial charge in [-0.25, -0.2) is 0 Å². The first-order valence-electron chi connectivity index (χ1n) is 8.64. The molecule has 0 aliphatic heterocycles. The Bertz CT molecular complexity index is 724. The molecular weight excluding hydrogens is 327 g/mol. The molecule has 0 aliphatic carbocycles. The summed E-state index contributed by atoms with van der Waals surface area (Å²) in [6.07, 6.45) is 0. The van der Waals surface area contributed by atoms with Gasteiger partial charge in [-0.05, 0) is 44.5 Å². The first-order chi connectivity index (χ1) is 12.3. The second-order valence-electron chi connectivity index (χ2n) is 5.48. The van der Waals surface area contributed by atoms with E-state index in [1.54, 1.807) is 0 Å². The summed E-state index contributed by atoms with van der Waals surface area (Å²) in [7, 11) is -0.761. The Morgan fingerprint density at radius 2 is 1.04 bits per heavy atom. The van der Waals surface area contributed by atoms with Crippen LogP contribution in [0.4, 0.5) is 0 Å². The van der Waals surface area contributed by atoms with Gasteiger partial charge in [-0.3, -0.25) is 0 Å². The van der Waals surface area contributed by atoms with Gasteiger partial charge in [-0.1, -0.05) is 66.7 Å². The van der Waals surface area contributed by atoms with E-state index in [-0.39, 0.29) is 0 Å². The van der Waals surface area contributed by atoms with Crippen molar-refractivity contribution in [3.8, 4) is 11.5 Å². The van der Waals surface area contributed by atoms with Crippen molar-refractivity contribution in [2.45, 2.75) is 13.8 Å². The molecule has 0 fully saturated rings. The molecule has 0 aliphatic rings. The van der Waals surface area contributed by atoms with E-state index in [9.17, 15) is 0 Å². The van der Waals surface area contributed by atoms with Crippen molar-refractivity contribution in [2.24, 2.45) is 0 Å². The number of hydrogen-bond acceptors (Lipinski definition) is 2. The van der Waals surface area contributed by atoms with Crippen LogP contribution in [0.1, 0.15) is 13.8 Å². The molecule has 128 valence electrons. The van der Waals surface area contributed by atoms with Gasteiger partial charge >= 0.3 is 0 Å². The molecule has 0 saturated carbocycles. The van der Waals surface area contributed by atoms with E-state index >= 15 is 0 Å². The molecule has 3 aromatic carbocycles. The average molecular weight is 350 g/mol. The standard InChI is InChI=1S/C22H23O2P/c1-3-23-20-16-11-17-21(24-4-2)22(20)25(18-12-7-5-8-13-18)19-14-9-6-10-15-19/h5-17H,3-4H2,1-2H3. The van der Waals surface area contributed by atoms with Crippen LogP contribution in [-0.4, -0.2) is 13.2 Å². The third-order valence-electron chi connectivity index (χ3n) is 3.81. The lowest BCUT2D eigenvalue weighted by molar-refractivity contribution is 0.328. The Morgan fingerprint density at radius 3 is 1.44 bits per heavy atom. The van der Waals surface area contributed by atoms with E-state index < -0.39 is 7.92 Å². The van der Waals surface area contributed by atoms with Gasteiger partial charge in [-0.15, -0.1) is 0 Å². The van der Waals surface area contributed by atoms with E-state index in [0.717, 1.165) is 16.8 Å². The molecule has 0 N–H and O–H groups in total. The number of benzene rings is 3. The molecule has 0 atom stereocenters. The van der Waals surface area contributed by atoms with Gasteiger partial charge in [0.2, 0.25) is 0 Å². The molecule has 3 heteroatoms. The summed E-state index contributed by atoms with van der Waals surface area (Å²) in [4.78, 5) is 0. The molecule has 0 aromatic heterocycles. The smallest absolute Gasteiger partial charge is 0.131 e. The molecule has 3 rings (SSSR count). The van der Waals surface area contributed by atoms with E-state index in [1.165, 1.54) is 10.6 Å². The maximum absolute atomic E-state index is 5.98. The Morgan fingerprint density at radius 1 is 0.600 bits per heavy atom. The topological polar surface area (TPSA) is 18.5 Å². The second kappa shape index (κ2) is 8.69. The first kappa shape index (κ1) is 17.5. The van der Waals surface area contributed by atoms with Crippen molar-refractivity contribution in [1.82, 2.24) is 0 Å². The van der Waals surface area contributed by atoms with E-state index in [4.69, 9.17) is 9.47 Å². The van der Waals surface area contributed by atoms with Crippen LogP contribution in [-0.2, 0) is 0 Å². The van der Waals surface area contributed by atoms with Crippen LogP contribution < -0.4 is 25.4 Å². The van der Waals surface area contributed by atoms with Gasteiger partial charge in [0.25, 0.3) is 0 Å². The lowest BCUT2D eigenvalue weighted by Crippen LogP contribution is -2.24. The van der Waals surface area contributed by atoms with E-state index in [0.29, 0.717) is 13.2 Å². The minimum atomic E-state index is -0.761. The maximum atomic E-state index is 5.98. The maximum Gasteiger partial charge on any atom is 0.131 e. The van der Waals surface area contributed by atoms with Crippen LogP contribution in [0.25, 0.3) is 0 Å². The highest BCUT2D eigenvalue weighted by Gasteiger charge is 2.24. The summed E-state index contributed by atoms with van der Waals surface area (Å²) in [5.74, 6) is 1.82. The fraction of sp³-hybridized carbons (Fsp3) is 0.182. The fourth-order valence-corrected chi connectivity index (χ4v) is 5.30. The molecule has 0 unspecified atom stereocenters. The molecule has 0 radical (unpaired) electrons. The van der Waals surface area contributed by atoms with Crippen molar-refractivity contribution >= 4 is 23.8 Å². The summed E-state index contributed by atoms with van der Waals surface area (Å²) < 4.78 is 12.0. The predicted octanol–water partition coefficient (Wildman–Crippen LogP) is 4.24. The molecule has 0 amide bonds. The number of rotatable bonds is 7. The van der Waals surface area contributed by atoms with Crippen LogP contribution in [0.3, 0.4) is 0 Å². The van der Waals surface area contributed by atoms with Gasteiger partial charge in [-0.2, -0.15) is 0 Å². The quantitative estimate of drug-likeness (QED) is 0.593. The molecule has 2 nitrogen and oxygen atoms in total. The van der Waals surface area contributed by atoms with Crippen LogP contribution >= 0.6 is 7.92 Å². The largest absolute Gasteiger partial charge is 0.493 e. The molecule has 0 spiro atoms. The summed E-state index contributed by atoms with van der Waals surface area (Å²) >= 11 is 0. The van der Waals surface area contributed by atoms with Crippen LogP contribution in [0.5, 0.6) is 11.5 Å². The minimum absolute atomic E-state index is 0.634. The van der Waals surface area contributed by atoms with Crippen LogP contribution in [0.15, 0.2) is 78.9 Å². The fourth-order valence-electron chi connectivity index (χ4n) is 2.83. The van der Waals surface area contributed by atoms with Gasteiger partial charge in [0.15, 0.2) is 0 Å². The monoisotopic (exact) mass is 350 g/mol. The predicted molar refractivity (Wildman–Crippen MR) is 107 cm³/mol. The van der Waals surface area contributed by atoms with Crippen molar-refractivity contribution in [3.63, 3.8) is 0 Å². The Hall–Kier alpha value is -2.31. The molecular formula is C22H23O2P. The van der Waals surface area contributed by atoms with Crippen LogP contribution in [0, 0.1) is 0 Å². The summed E-state index contributed by atoms with van der Waals surface area (Å²) in [6.45, 7) is 5.31. The molecule has 0 bridgehead atoms. The number of hydrogen-bond donors (Lipinski definition) is 0. The molecule has 0 saturated heterocycles. The Balaban J connectivity index is 2.23. The third-order valence-corrected chi connectivity index (χ3v) is 6.33. The highest BCUT2D eigenvalue weighted by Crippen LogP contribution is 2.40. The lowest BCUT2D eigenvalue weighted by atomic mass is 10.3. The Kier molecular flexibility index (Phi) is 6.09. The average Bonchev–Trinajstić information content (AvgIpc) is 2.66. The van der Waals surface area contributed by atoms with Crippen molar-refractivity contribution < 1.29 is 9.47 Å². The normalized spacial score (nSPS) is 10.7. The summed E-state index contributed by atoms with van der Waals surface area (Å²) in [6, 6.07) is 27.3. The van der Waals surface area contributed by atoms with Crippen molar-refractivity contribution in [1.29, 1.82) is 0 Å².